The van der Waals surface area contributed by atoms with Gasteiger partial charge in [0, 0.05) is 31.4 Å². The number of hydrogen-bond acceptors (Lipinski definition) is 3. The zero-order valence-corrected chi connectivity index (χ0v) is 10.3. The van der Waals surface area contributed by atoms with Crippen molar-refractivity contribution in [1.82, 2.24) is 14.7 Å². The second-order valence-corrected chi connectivity index (χ2v) is 4.89. The van der Waals surface area contributed by atoms with Crippen LogP contribution in [0.2, 0.25) is 0 Å². The first-order chi connectivity index (χ1) is 8.06. The van der Waals surface area contributed by atoms with Crippen LogP contribution in [0.1, 0.15) is 31.4 Å². The van der Waals surface area contributed by atoms with Crippen LogP contribution in [-0.2, 0) is 11.8 Å². The minimum Gasteiger partial charge on any atom is -0.480 e. The van der Waals surface area contributed by atoms with Gasteiger partial charge in [0.25, 0.3) is 0 Å². The van der Waals surface area contributed by atoms with Gasteiger partial charge in [0.15, 0.2) is 0 Å². The highest BCUT2D eigenvalue weighted by Gasteiger charge is 2.28. The summed E-state index contributed by atoms with van der Waals surface area (Å²) in [5.41, 5.74) is 1.08. The fourth-order valence-corrected chi connectivity index (χ4v) is 2.03. The molecule has 0 spiro atoms. The Kier molecular flexibility index (Phi) is 3.47. The maximum Gasteiger partial charge on any atom is 0.317 e. The molecule has 0 aromatic carbocycles. The number of carboxylic acids is 1. The molecule has 94 valence electrons. The lowest BCUT2D eigenvalue weighted by molar-refractivity contribution is -0.139. The van der Waals surface area contributed by atoms with E-state index < -0.39 is 5.97 Å². The SMILES string of the molecule is CC(c1cnn(C)c1)N(CC(=O)O)CC1CC1. The average molecular weight is 237 g/mol. The summed E-state index contributed by atoms with van der Waals surface area (Å²) in [4.78, 5) is 12.9. The van der Waals surface area contributed by atoms with Crippen molar-refractivity contribution < 1.29 is 9.90 Å². The highest BCUT2D eigenvalue weighted by molar-refractivity contribution is 5.69. The van der Waals surface area contributed by atoms with Gasteiger partial charge in [-0.2, -0.15) is 5.10 Å². The Hall–Kier alpha value is -1.36. The number of aliphatic carboxylic acids is 1. The van der Waals surface area contributed by atoms with Gasteiger partial charge >= 0.3 is 5.97 Å². The van der Waals surface area contributed by atoms with Crippen molar-refractivity contribution in [3.8, 4) is 0 Å². The van der Waals surface area contributed by atoms with Crippen LogP contribution in [0.25, 0.3) is 0 Å². The van der Waals surface area contributed by atoms with Crippen LogP contribution in [0, 0.1) is 5.92 Å². The van der Waals surface area contributed by atoms with E-state index >= 15 is 0 Å². The van der Waals surface area contributed by atoms with E-state index in [1.54, 1.807) is 4.68 Å². The van der Waals surface area contributed by atoms with Gasteiger partial charge in [-0.15, -0.1) is 0 Å². The molecule has 0 amide bonds. The molecule has 1 aliphatic rings. The molecule has 1 atom stereocenters. The van der Waals surface area contributed by atoms with Crippen molar-refractivity contribution in [3.05, 3.63) is 18.0 Å². The minimum atomic E-state index is -0.763. The molecule has 1 fully saturated rings. The quantitative estimate of drug-likeness (QED) is 0.809. The van der Waals surface area contributed by atoms with Gasteiger partial charge in [-0.3, -0.25) is 14.4 Å². The molecule has 0 aliphatic heterocycles. The normalized spacial score (nSPS) is 17.4. The van der Waals surface area contributed by atoms with Crippen LogP contribution in [0.5, 0.6) is 0 Å². The van der Waals surface area contributed by atoms with E-state index in [9.17, 15) is 4.79 Å². The van der Waals surface area contributed by atoms with Crippen LogP contribution in [0.4, 0.5) is 0 Å². The molecule has 1 saturated carbocycles. The van der Waals surface area contributed by atoms with Crippen molar-refractivity contribution in [3.63, 3.8) is 0 Å². The smallest absolute Gasteiger partial charge is 0.317 e. The summed E-state index contributed by atoms with van der Waals surface area (Å²) in [6.07, 6.45) is 6.23. The summed E-state index contributed by atoms with van der Waals surface area (Å²) in [6.45, 7) is 3.03. The van der Waals surface area contributed by atoms with Gasteiger partial charge in [-0.25, -0.2) is 0 Å². The van der Waals surface area contributed by atoms with E-state index in [4.69, 9.17) is 5.11 Å². The van der Waals surface area contributed by atoms with Gasteiger partial charge in [-0.1, -0.05) is 0 Å². The fraction of sp³-hybridized carbons (Fsp3) is 0.667. The summed E-state index contributed by atoms with van der Waals surface area (Å²) in [5.74, 6) is -0.0742. The Labute approximate surface area is 101 Å². The van der Waals surface area contributed by atoms with Crippen molar-refractivity contribution in [1.29, 1.82) is 0 Å². The van der Waals surface area contributed by atoms with Gasteiger partial charge in [0.2, 0.25) is 0 Å². The maximum absolute atomic E-state index is 10.9. The van der Waals surface area contributed by atoms with Crippen LogP contribution in [0.15, 0.2) is 12.4 Å². The molecule has 5 heteroatoms. The molecule has 0 saturated heterocycles. The zero-order valence-electron chi connectivity index (χ0n) is 10.3. The van der Waals surface area contributed by atoms with Gasteiger partial charge < -0.3 is 5.11 Å². The van der Waals surface area contributed by atoms with E-state index in [1.807, 2.05) is 31.3 Å². The van der Waals surface area contributed by atoms with E-state index in [-0.39, 0.29) is 12.6 Å². The number of aryl methyl sites for hydroxylation is 1. The summed E-state index contributed by atoms with van der Waals surface area (Å²) < 4.78 is 1.75. The van der Waals surface area contributed by atoms with Crippen molar-refractivity contribution in [2.24, 2.45) is 13.0 Å². The molecule has 0 bridgehead atoms. The minimum absolute atomic E-state index is 0.104. The summed E-state index contributed by atoms with van der Waals surface area (Å²) >= 11 is 0. The highest BCUT2D eigenvalue weighted by Crippen LogP contribution is 2.32. The molecule has 1 heterocycles. The molecular weight excluding hydrogens is 218 g/mol. The number of hydrogen-bond donors (Lipinski definition) is 1. The largest absolute Gasteiger partial charge is 0.480 e. The lowest BCUT2D eigenvalue weighted by Gasteiger charge is -2.26. The molecule has 1 aromatic rings. The van der Waals surface area contributed by atoms with Crippen molar-refractivity contribution >= 4 is 5.97 Å². The summed E-state index contributed by atoms with van der Waals surface area (Å²) in [6, 6.07) is 0.111. The molecule has 1 N–H and O–H groups in total. The van der Waals surface area contributed by atoms with Gasteiger partial charge in [0.1, 0.15) is 0 Å². The lowest BCUT2D eigenvalue weighted by Crippen LogP contribution is -2.34. The van der Waals surface area contributed by atoms with Crippen LogP contribution in [-0.4, -0.2) is 38.8 Å². The molecule has 5 nitrogen and oxygen atoms in total. The monoisotopic (exact) mass is 237 g/mol. The average Bonchev–Trinajstić information content (AvgIpc) is 2.96. The number of nitrogens with zero attached hydrogens (tertiary/aromatic N) is 3. The lowest BCUT2D eigenvalue weighted by atomic mass is 10.1. The molecule has 2 rings (SSSR count). The zero-order chi connectivity index (χ0) is 12.4. The second-order valence-electron chi connectivity index (χ2n) is 4.89. The molecule has 1 unspecified atom stereocenters. The van der Waals surface area contributed by atoms with Crippen LogP contribution in [0.3, 0.4) is 0 Å². The Bertz CT molecular complexity index is 398. The number of aromatic nitrogens is 2. The molecule has 1 aliphatic carbocycles. The van der Waals surface area contributed by atoms with Gasteiger partial charge in [0.05, 0.1) is 12.7 Å². The fourth-order valence-electron chi connectivity index (χ4n) is 2.03. The standard InChI is InChI=1S/C12H19N3O2/c1-9(11-5-13-14(2)7-11)15(8-12(16)17)6-10-3-4-10/h5,7,9-10H,3-4,6,8H2,1-2H3,(H,16,17). The second kappa shape index (κ2) is 4.87. The predicted octanol–water partition coefficient (Wildman–Crippen LogP) is 1.28. The van der Waals surface area contributed by atoms with Crippen LogP contribution < -0.4 is 0 Å². The van der Waals surface area contributed by atoms with Gasteiger partial charge in [-0.05, 0) is 25.7 Å². The first kappa shape index (κ1) is 12.1. The number of carbonyl (C=O) groups is 1. The van der Waals surface area contributed by atoms with E-state index in [1.165, 1.54) is 12.8 Å². The van der Waals surface area contributed by atoms with E-state index in [0.29, 0.717) is 5.92 Å². The Morgan fingerprint density at radius 1 is 1.71 bits per heavy atom. The third-order valence-electron chi connectivity index (χ3n) is 3.28. The van der Waals surface area contributed by atoms with Crippen molar-refractivity contribution in [2.75, 3.05) is 13.1 Å². The Morgan fingerprint density at radius 3 is 2.88 bits per heavy atom. The topological polar surface area (TPSA) is 58.4 Å². The Balaban J connectivity index is 2.04. The number of rotatable bonds is 6. The third kappa shape index (κ3) is 3.30. The molecule has 17 heavy (non-hydrogen) atoms. The predicted molar refractivity (Wildman–Crippen MR) is 63.6 cm³/mol. The van der Waals surface area contributed by atoms with Crippen molar-refractivity contribution in [2.45, 2.75) is 25.8 Å². The Morgan fingerprint density at radius 2 is 2.41 bits per heavy atom. The molecule has 0 radical (unpaired) electrons. The van der Waals surface area contributed by atoms with E-state index in [0.717, 1.165) is 12.1 Å². The molecule has 1 aromatic heterocycles. The third-order valence-corrected chi connectivity index (χ3v) is 3.28. The first-order valence-electron chi connectivity index (χ1n) is 6.00. The van der Waals surface area contributed by atoms with E-state index in [2.05, 4.69) is 5.10 Å². The summed E-state index contributed by atoms with van der Waals surface area (Å²) in [5, 5.41) is 13.1. The van der Waals surface area contributed by atoms with Crippen LogP contribution >= 0.6 is 0 Å². The molecular formula is C12H19N3O2. The first-order valence-corrected chi connectivity index (χ1v) is 6.00. The summed E-state index contributed by atoms with van der Waals surface area (Å²) in [7, 11) is 1.87. The number of carboxylic acid groups (broad SMARTS) is 1. The highest BCUT2D eigenvalue weighted by atomic mass is 16.4. The maximum atomic E-state index is 10.9.